The molecule has 0 saturated heterocycles. The van der Waals surface area contributed by atoms with Crippen LogP contribution in [0.25, 0.3) is 0 Å². The van der Waals surface area contributed by atoms with E-state index >= 15 is 0 Å². The molecule has 1 fully saturated rings. The molecule has 0 spiro atoms. The van der Waals surface area contributed by atoms with Crippen LogP contribution in [0, 0.1) is 11.3 Å². The average Bonchev–Trinajstić information content (AvgIpc) is 3.07. The molecule has 0 aliphatic heterocycles. The summed E-state index contributed by atoms with van der Waals surface area (Å²) < 4.78 is 0. The van der Waals surface area contributed by atoms with Crippen molar-refractivity contribution in [2.24, 2.45) is 11.3 Å². The topological polar surface area (TPSA) is 55.1 Å². The second-order valence-electron chi connectivity index (χ2n) is 7.30. The van der Waals surface area contributed by atoms with Gasteiger partial charge in [-0.1, -0.05) is 20.8 Å². The van der Waals surface area contributed by atoms with E-state index in [0.29, 0.717) is 22.4 Å². The summed E-state index contributed by atoms with van der Waals surface area (Å²) in [6.07, 6.45) is 5.47. The number of hydrogen-bond donors (Lipinski definition) is 2. The number of nitrogens with one attached hydrogen (secondary N) is 1. The van der Waals surface area contributed by atoms with Crippen LogP contribution in [0.5, 0.6) is 0 Å². The van der Waals surface area contributed by atoms with Crippen LogP contribution in [-0.4, -0.2) is 11.9 Å². The molecule has 1 aromatic heterocycles. The lowest BCUT2D eigenvalue weighted by Crippen LogP contribution is -2.29. The minimum absolute atomic E-state index is 0.0525. The van der Waals surface area contributed by atoms with Crippen molar-refractivity contribution in [2.45, 2.75) is 58.9 Å². The second-order valence-corrected chi connectivity index (χ2v) is 8.43. The Morgan fingerprint density at radius 2 is 2.00 bits per heavy atom. The van der Waals surface area contributed by atoms with E-state index in [1.54, 1.807) is 11.3 Å². The summed E-state index contributed by atoms with van der Waals surface area (Å²) in [7, 11) is 0. The molecule has 3 nitrogen and oxygen atoms in total. The zero-order valence-electron chi connectivity index (χ0n) is 12.6. The SMILES string of the molecule is CC(C)(C)[C@H]1CCc2c(sc(N)c2C(=O)NC2CC2)C1. The Morgan fingerprint density at radius 1 is 1.30 bits per heavy atom. The summed E-state index contributed by atoms with van der Waals surface area (Å²) in [5, 5.41) is 3.79. The van der Waals surface area contributed by atoms with Gasteiger partial charge in [-0.15, -0.1) is 11.3 Å². The first-order valence-electron chi connectivity index (χ1n) is 7.57. The maximum atomic E-state index is 12.3. The minimum atomic E-state index is 0.0525. The van der Waals surface area contributed by atoms with Crippen molar-refractivity contribution in [2.75, 3.05) is 5.73 Å². The summed E-state index contributed by atoms with van der Waals surface area (Å²) in [6.45, 7) is 6.92. The Kier molecular flexibility index (Phi) is 3.32. The van der Waals surface area contributed by atoms with Crippen LogP contribution in [-0.2, 0) is 12.8 Å². The number of carbonyl (C=O) groups excluding carboxylic acids is 1. The van der Waals surface area contributed by atoms with E-state index in [-0.39, 0.29) is 5.91 Å². The number of nitrogens with two attached hydrogens (primary N) is 1. The van der Waals surface area contributed by atoms with Gasteiger partial charge in [0.2, 0.25) is 0 Å². The van der Waals surface area contributed by atoms with Crippen LogP contribution >= 0.6 is 11.3 Å². The van der Waals surface area contributed by atoms with E-state index in [1.807, 2.05) is 0 Å². The molecule has 0 unspecified atom stereocenters. The predicted molar refractivity (Wildman–Crippen MR) is 84.2 cm³/mol. The molecule has 1 aromatic rings. The Labute approximate surface area is 124 Å². The fourth-order valence-electron chi connectivity index (χ4n) is 3.08. The molecule has 1 saturated carbocycles. The molecule has 1 atom stereocenters. The number of nitrogen functional groups attached to an aromatic ring is 1. The van der Waals surface area contributed by atoms with Gasteiger partial charge in [-0.25, -0.2) is 0 Å². The Morgan fingerprint density at radius 3 is 2.60 bits per heavy atom. The van der Waals surface area contributed by atoms with Crippen molar-refractivity contribution in [3.05, 3.63) is 16.0 Å². The van der Waals surface area contributed by atoms with Crippen LogP contribution in [0.4, 0.5) is 5.00 Å². The zero-order chi connectivity index (χ0) is 14.5. The molecule has 0 aromatic carbocycles. The number of rotatable bonds is 2. The third-order valence-corrected chi connectivity index (χ3v) is 5.74. The van der Waals surface area contributed by atoms with E-state index in [1.165, 1.54) is 10.4 Å². The molecule has 3 N–H and O–H groups in total. The zero-order valence-corrected chi connectivity index (χ0v) is 13.4. The van der Waals surface area contributed by atoms with Gasteiger partial charge in [0.25, 0.3) is 5.91 Å². The molecule has 2 aliphatic carbocycles. The van der Waals surface area contributed by atoms with E-state index in [9.17, 15) is 4.79 Å². The van der Waals surface area contributed by atoms with Crippen molar-refractivity contribution < 1.29 is 4.79 Å². The summed E-state index contributed by atoms with van der Waals surface area (Å²) >= 11 is 1.63. The average molecular weight is 292 g/mol. The van der Waals surface area contributed by atoms with Crippen molar-refractivity contribution in [3.63, 3.8) is 0 Å². The highest BCUT2D eigenvalue weighted by Gasteiger charge is 2.34. The summed E-state index contributed by atoms with van der Waals surface area (Å²) in [5.74, 6) is 0.740. The molecule has 4 heteroatoms. The van der Waals surface area contributed by atoms with Gasteiger partial charge in [-0.2, -0.15) is 0 Å². The van der Waals surface area contributed by atoms with Crippen LogP contribution in [0.15, 0.2) is 0 Å². The lowest BCUT2D eigenvalue weighted by Gasteiger charge is -2.33. The molecule has 2 aliphatic rings. The Hall–Kier alpha value is -1.03. The Bertz CT molecular complexity index is 537. The third kappa shape index (κ3) is 2.58. The molecule has 0 bridgehead atoms. The quantitative estimate of drug-likeness (QED) is 0.878. The molecular formula is C16H24N2OS. The standard InChI is InChI=1S/C16H24N2OS/c1-16(2,3)9-4-7-11-12(8-9)20-14(17)13(11)15(19)18-10-5-6-10/h9-10H,4-8,17H2,1-3H3,(H,18,19)/t9-/m0/s1. The highest BCUT2D eigenvalue weighted by Crippen LogP contribution is 2.43. The van der Waals surface area contributed by atoms with Crippen LogP contribution in [0.2, 0.25) is 0 Å². The molecule has 3 rings (SSSR count). The van der Waals surface area contributed by atoms with E-state index < -0.39 is 0 Å². The Balaban J connectivity index is 1.85. The molecule has 110 valence electrons. The fraction of sp³-hybridized carbons (Fsp3) is 0.688. The summed E-state index contributed by atoms with van der Waals surface area (Å²) in [4.78, 5) is 13.7. The van der Waals surface area contributed by atoms with E-state index in [4.69, 9.17) is 5.73 Å². The lowest BCUT2D eigenvalue weighted by atomic mass is 9.72. The lowest BCUT2D eigenvalue weighted by molar-refractivity contribution is 0.0951. The first kappa shape index (κ1) is 13.9. The number of amides is 1. The number of fused-ring (bicyclic) bond motifs is 1. The smallest absolute Gasteiger partial charge is 0.254 e. The fourth-order valence-corrected chi connectivity index (χ4v) is 4.28. The largest absolute Gasteiger partial charge is 0.390 e. The van der Waals surface area contributed by atoms with Crippen molar-refractivity contribution in [1.29, 1.82) is 0 Å². The summed E-state index contributed by atoms with van der Waals surface area (Å²) in [6, 6.07) is 0.392. The molecule has 1 amide bonds. The van der Waals surface area contributed by atoms with E-state index in [2.05, 4.69) is 26.1 Å². The highest BCUT2D eigenvalue weighted by molar-refractivity contribution is 7.16. The number of carbonyl (C=O) groups is 1. The third-order valence-electron chi connectivity index (χ3n) is 4.66. The molecular weight excluding hydrogens is 268 g/mol. The number of anilines is 1. The van der Waals surface area contributed by atoms with Crippen molar-refractivity contribution in [1.82, 2.24) is 5.32 Å². The normalized spacial score (nSPS) is 22.4. The first-order valence-corrected chi connectivity index (χ1v) is 8.38. The van der Waals surface area contributed by atoms with Crippen LogP contribution < -0.4 is 11.1 Å². The van der Waals surface area contributed by atoms with Gasteiger partial charge >= 0.3 is 0 Å². The van der Waals surface area contributed by atoms with Gasteiger partial charge in [0, 0.05) is 10.9 Å². The van der Waals surface area contributed by atoms with Gasteiger partial charge in [-0.05, 0) is 49.0 Å². The van der Waals surface area contributed by atoms with Gasteiger partial charge in [0.15, 0.2) is 0 Å². The van der Waals surface area contributed by atoms with Crippen molar-refractivity contribution in [3.8, 4) is 0 Å². The number of hydrogen-bond acceptors (Lipinski definition) is 3. The first-order chi connectivity index (χ1) is 9.36. The molecule has 0 radical (unpaired) electrons. The summed E-state index contributed by atoms with van der Waals surface area (Å²) in [5.41, 5.74) is 8.47. The van der Waals surface area contributed by atoms with Crippen LogP contribution in [0.3, 0.4) is 0 Å². The van der Waals surface area contributed by atoms with Crippen molar-refractivity contribution >= 4 is 22.2 Å². The van der Waals surface area contributed by atoms with E-state index in [0.717, 1.165) is 37.7 Å². The highest BCUT2D eigenvalue weighted by atomic mass is 32.1. The molecule has 1 heterocycles. The second kappa shape index (κ2) is 4.76. The predicted octanol–water partition coefficient (Wildman–Crippen LogP) is 3.37. The van der Waals surface area contributed by atoms with Gasteiger partial charge in [0.05, 0.1) is 10.6 Å². The maximum Gasteiger partial charge on any atom is 0.254 e. The minimum Gasteiger partial charge on any atom is -0.390 e. The maximum absolute atomic E-state index is 12.3. The molecule has 20 heavy (non-hydrogen) atoms. The monoisotopic (exact) mass is 292 g/mol. The van der Waals surface area contributed by atoms with Gasteiger partial charge in [-0.3, -0.25) is 4.79 Å². The van der Waals surface area contributed by atoms with Gasteiger partial charge < -0.3 is 11.1 Å². The number of thiophene rings is 1. The van der Waals surface area contributed by atoms with Gasteiger partial charge in [0.1, 0.15) is 0 Å². The van der Waals surface area contributed by atoms with Crippen LogP contribution in [0.1, 0.15) is 60.8 Å².